The molecule has 1 saturated carbocycles. The number of nitrogens with zero attached hydrogens (tertiary/aromatic N) is 1. The second kappa shape index (κ2) is 5.76. The number of Topliss-reactive ketones (excluding diaryl/α,β-unsaturated/α-hetero) is 1. The lowest BCUT2D eigenvalue weighted by molar-refractivity contribution is -0.130. The molecule has 2 aliphatic carbocycles. The Kier molecular flexibility index (Phi) is 4.04. The first-order valence-electron chi connectivity index (χ1n) is 7.90. The van der Waals surface area contributed by atoms with Gasteiger partial charge in [0.15, 0.2) is 5.78 Å². The fourth-order valence-corrected chi connectivity index (χ4v) is 3.98. The molecule has 0 aromatic heterocycles. The van der Waals surface area contributed by atoms with E-state index in [-0.39, 0.29) is 5.54 Å². The highest BCUT2D eigenvalue weighted by Crippen LogP contribution is 2.39. The van der Waals surface area contributed by atoms with E-state index in [4.69, 9.17) is 4.74 Å². The highest BCUT2D eigenvalue weighted by molar-refractivity contribution is 6.03. The monoisotopic (exact) mass is 263 g/mol. The Balaban J connectivity index is 1.82. The zero-order valence-electron chi connectivity index (χ0n) is 11.8. The first-order valence-corrected chi connectivity index (χ1v) is 7.90. The first kappa shape index (κ1) is 13.3. The third kappa shape index (κ3) is 2.50. The molecular formula is C16H25NO2. The van der Waals surface area contributed by atoms with Crippen LogP contribution in [0.2, 0.25) is 0 Å². The van der Waals surface area contributed by atoms with Gasteiger partial charge in [0.05, 0.1) is 18.8 Å². The van der Waals surface area contributed by atoms with E-state index in [9.17, 15) is 4.79 Å². The zero-order valence-corrected chi connectivity index (χ0v) is 11.8. The quantitative estimate of drug-likeness (QED) is 0.784. The van der Waals surface area contributed by atoms with Gasteiger partial charge in [-0.25, -0.2) is 0 Å². The van der Waals surface area contributed by atoms with E-state index in [2.05, 4.69) is 11.0 Å². The van der Waals surface area contributed by atoms with Crippen molar-refractivity contribution < 1.29 is 9.53 Å². The Morgan fingerprint density at radius 1 is 1.11 bits per heavy atom. The average molecular weight is 263 g/mol. The van der Waals surface area contributed by atoms with Crippen molar-refractivity contribution in [3.63, 3.8) is 0 Å². The molecule has 1 heterocycles. The lowest BCUT2D eigenvalue weighted by Gasteiger charge is -2.42. The van der Waals surface area contributed by atoms with Gasteiger partial charge in [-0.2, -0.15) is 0 Å². The molecule has 2 fully saturated rings. The molecule has 0 N–H and O–H groups in total. The van der Waals surface area contributed by atoms with Crippen molar-refractivity contribution in [1.82, 2.24) is 4.90 Å². The van der Waals surface area contributed by atoms with E-state index >= 15 is 0 Å². The third-order valence-corrected chi connectivity index (χ3v) is 5.05. The maximum atomic E-state index is 13.1. The number of ketones is 1. The molecular weight excluding hydrogens is 238 g/mol. The van der Waals surface area contributed by atoms with Gasteiger partial charge in [0.1, 0.15) is 0 Å². The summed E-state index contributed by atoms with van der Waals surface area (Å²) in [5, 5.41) is 0. The predicted molar refractivity (Wildman–Crippen MR) is 75.1 cm³/mol. The fraction of sp³-hybridized carbons (Fsp3) is 0.812. The van der Waals surface area contributed by atoms with Crippen molar-refractivity contribution >= 4 is 5.78 Å². The first-order chi connectivity index (χ1) is 9.33. The van der Waals surface area contributed by atoms with Gasteiger partial charge in [0.2, 0.25) is 0 Å². The van der Waals surface area contributed by atoms with E-state index in [0.717, 1.165) is 57.6 Å². The molecule has 0 amide bonds. The standard InChI is InChI=1S/C16H25NO2/c18-15(14-6-2-1-3-7-14)16(8-4-5-9-16)17-10-12-19-13-11-17/h6H,1-5,7-13H2. The lowest BCUT2D eigenvalue weighted by atomic mass is 9.81. The molecule has 0 aromatic carbocycles. The van der Waals surface area contributed by atoms with Crippen molar-refractivity contribution in [3.05, 3.63) is 11.6 Å². The topological polar surface area (TPSA) is 29.5 Å². The summed E-state index contributed by atoms with van der Waals surface area (Å²) in [6.45, 7) is 3.43. The Morgan fingerprint density at radius 3 is 2.47 bits per heavy atom. The Bertz CT molecular complexity index is 363. The van der Waals surface area contributed by atoms with Crippen LogP contribution in [0.25, 0.3) is 0 Å². The number of allylic oxidation sites excluding steroid dienone is 1. The molecule has 1 aliphatic heterocycles. The summed E-state index contributed by atoms with van der Waals surface area (Å²) in [7, 11) is 0. The minimum atomic E-state index is -0.174. The number of carbonyl (C=O) groups is 1. The van der Waals surface area contributed by atoms with Crippen LogP contribution in [-0.4, -0.2) is 42.5 Å². The highest BCUT2D eigenvalue weighted by atomic mass is 16.5. The van der Waals surface area contributed by atoms with Gasteiger partial charge >= 0.3 is 0 Å². The van der Waals surface area contributed by atoms with Gasteiger partial charge in [-0.15, -0.1) is 0 Å². The van der Waals surface area contributed by atoms with Crippen LogP contribution in [-0.2, 0) is 9.53 Å². The number of rotatable bonds is 3. The summed E-state index contributed by atoms with van der Waals surface area (Å²) < 4.78 is 5.46. The minimum absolute atomic E-state index is 0.174. The van der Waals surface area contributed by atoms with Gasteiger partial charge in [-0.3, -0.25) is 9.69 Å². The van der Waals surface area contributed by atoms with Gasteiger partial charge in [0.25, 0.3) is 0 Å². The van der Waals surface area contributed by atoms with Crippen LogP contribution in [0.15, 0.2) is 11.6 Å². The molecule has 19 heavy (non-hydrogen) atoms. The van der Waals surface area contributed by atoms with Crippen molar-refractivity contribution in [2.45, 2.75) is 56.9 Å². The van der Waals surface area contributed by atoms with E-state index in [1.807, 2.05) is 0 Å². The highest BCUT2D eigenvalue weighted by Gasteiger charge is 2.46. The minimum Gasteiger partial charge on any atom is -0.379 e. The number of ether oxygens (including phenoxy) is 1. The van der Waals surface area contributed by atoms with Crippen LogP contribution in [0.3, 0.4) is 0 Å². The van der Waals surface area contributed by atoms with Crippen LogP contribution in [0, 0.1) is 0 Å². The zero-order chi connectivity index (χ0) is 13.1. The van der Waals surface area contributed by atoms with Crippen molar-refractivity contribution in [2.24, 2.45) is 0 Å². The van der Waals surface area contributed by atoms with Crippen molar-refractivity contribution in [2.75, 3.05) is 26.3 Å². The summed E-state index contributed by atoms with van der Waals surface area (Å²) in [6.07, 6.45) is 11.3. The molecule has 3 rings (SSSR count). The molecule has 0 aromatic rings. The smallest absolute Gasteiger partial charge is 0.178 e. The predicted octanol–water partition coefficient (Wildman–Crippen LogP) is 2.70. The second-order valence-electron chi connectivity index (χ2n) is 6.14. The van der Waals surface area contributed by atoms with Crippen molar-refractivity contribution in [1.29, 1.82) is 0 Å². The molecule has 1 saturated heterocycles. The van der Waals surface area contributed by atoms with E-state index in [0.29, 0.717) is 5.78 Å². The molecule has 3 aliphatic rings. The van der Waals surface area contributed by atoms with Crippen LogP contribution >= 0.6 is 0 Å². The third-order valence-electron chi connectivity index (χ3n) is 5.05. The van der Waals surface area contributed by atoms with E-state index < -0.39 is 0 Å². The SMILES string of the molecule is O=C(C1=CCCCC1)C1(N2CCOCC2)CCCC1. The van der Waals surface area contributed by atoms with Gasteiger partial charge in [0, 0.05) is 13.1 Å². The Labute approximate surface area is 116 Å². The molecule has 0 atom stereocenters. The van der Waals surface area contributed by atoms with Crippen LogP contribution in [0.4, 0.5) is 0 Å². The molecule has 0 radical (unpaired) electrons. The molecule has 3 nitrogen and oxygen atoms in total. The van der Waals surface area contributed by atoms with Crippen LogP contribution < -0.4 is 0 Å². The summed E-state index contributed by atoms with van der Waals surface area (Å²) in [5.74, 6) is 0.451. The fourth-order valence-electron chi connectivity index (χ4n) is 3.98. The molecule has 0 unspecified atom stereocenters. The van der Waals surface area contributed by atoms with Gasteiger partial charge in [-0.1, -0.05) is 18.9 Å². The van der Waals surface area contributed by atoms with Gasteiger partial charge in [-0.05, 0) is 44.1 Å². The number of carbonyl (C=O) groups excluding carboxylic acids is 1. The molecule has 0 spiro atoms. The Hall–Kier alpha value is -0.670. The summed E-state index contributed by atoms with van der Waals surface area (Å²) in [6, 6.07) is 0. The summed E-state index contributed by atoms with van der Waals surface area (Å²) in [5.41, 5.74) is 0.951. The van der Waals surface area contributed by atoms with Gasteiger partial charge < -0.3 is 4.74 Å². The summed E-state index contributed by atoms with van der Waals surface area (Å²) in [4.78, 5) is 15.5. The number of hydrogen-bond donors (Lipinski definition) is 0. The molecule has 106 valence electrons. The second-order valence-corrected chi connectivity index (χ2v) is 6.14. The maximum absolute atomic E-state index is 13.1. The Morgan fingerprint density at radius 2 is 1.84 bits per heavy atom. The van der Waals surface area contributed by atoms with E-state index in [1.165, 1.54) is 25.7 Å². The number of morpholine rings is 1. The van der Waals surface area contributed by atoms with Crippen LogP contribution in [0.5, 0.6) is 0 Å². The number of hydrogen-bond acceptors (Lipinski definition) is 3. The average Bonchev–Trinajstić information content (AvgIpc) is 2.99. The molecule has 0 bridgehead atoms. The van der Waals surface area contributed by atoms with Crippen molar-refractivity contribution in [3.8, 4) is 0 Å². The van der Waals surface area contributed by atoms with E-state index in [1.54, 1.807) is 0 Å². The molecule has 3 heteroatoms. The summed E-state index contributed by atoms with van der Waals surface area (Å²) >= 11 is 0. The normalized spacial score (nSPS) is 28.1. The largest absolute Gasteiger partial charge is 0.379 e. The lowest BCUT2D eigenvalue weighted by Crippen LogP contribution is -2.57. The maximum Gasteiger partial charge on any atom is 0.178 e. The van der Waals surface area contributed by atoms with Crippen LogP contribution in [0.1, 0.15) is 51.4 Å².